The van der Waals surface area contributed by atoms with E-state index in [9.17, 15) is 4.79 Å². The second-order valence-electron chi connectivity index (χ2n) is 6.50. The van der Waals surface area contributed by atoms with Gasteiger partial charge in [-0.15, -0.1) is 0 Å². The van der Waals surface area contributed by atoms with Crippen molar-refractivity contribution >= 4 is 11.5 Å². The average Bonchev–Trinajstić information content (AvgIpc) is 2.54. The van der Waals surface area contributed by atoms with E-state index in [0.717, 1.165) is 23.4 Å². The number of ketones is 1. The van der Waals surface area contributed by atoms with Gasteiger partial charge < -0.3 is 10.1 Å². The zero-order chi connectivity index (χ0) is 16.4. The third-order valence-electron chi connectivity index (χ3n) is 4.04. The van der Waals surface area contributed by atoms with Crippen molar-refractivity contribution in [1.29, 1.82) is 0 Å². The zero-order valence-corrected chi connectivity index (χ0v) is 13.7. The maximum Gasteiger partial charge on any atom is 0.187 e. The number of methoxy groups -OCH3 is 1. The lowest BCUT2D eigenvalue weighted by Gasteiger charge is -2.35. The normalized spacial score (nSPS) is 17.3. The summed E-state index contributed by atoms with van der Waals surface area (Å²) in [5.41, 5.74) is 3.71. The van der Waals surface area contributed by atoms with Gasteiger partial charge in [-0.3, -0.25) is 4.79 Å². The highest BCUT2D eigenvalue weighted by Crippen LogP contribution is 2.32. The Morgan fingerprint density at radius 2 is 1.91 bits per heavy atom. The molecule has 23 heavy (non-hydrogen) atoms. The van der Waals surface area contributed by atoms with Gasteiger partial charge in [0, 0.05) is 28.4 Å². The molecule has 0 amide bonds. The molecule has 3 nitrogen and oxygen atoms in total. The lowest BCUT2D eigenvalue weighted by Crippen LogP contribution is -2.43. The maximum atomic E-state index is 12.5. The molecule has 1 aliphatic heterocycles. The fraction of sp³-hybridized carbons (Fsp3) is 0.250. The first-order chi connectivity index (χ1) is 11.0. The highest BCUT2D eigenvalue weighted by atomic mass is 16.5. The van der Waals surface area contributed by atoms with Gasteiger partial charge in [-0.25, -0.2) is 0 Å². The van der Waals surface area contributed by atoms with Crippen molar-refractivity contribution in [2.45, 2.75) is 25.8 Å². The number of fused-ring (bicyclic) bond motifs is 1. The van der Waals surface area contributed by atoms with Gasteiger partial charge in [-0.1, -0.05) is 30.3 Å². The van der Waals surface area contributed by atoms with Crippen LogP contribution >= 0.6 is 0 Å². The van der Waals surface area contributed by atoms with Gasteiger partial charge in [0.05, 0.1) is 7.11 Å². The average molecular weight is 307 g/mol. The number of hydrogen-bond donors (Lipinski definition) is 1. The molecule has 0 saturated heterocycles. The number of ether oxygens (including phenoxy) is 1. The van der Waals surface area contributed by atoms with E-state index in [0.29, 0.717) is 5.56 Å². The molecule has 0 aliphatic carbocycles. The largest absolute Gasteiger partial charge is 0.497 e. The Morgan fingerprint density at radius 1 is 1.17 bits per heavy atom. The van der Waals surface area contributed by atoms with Crippen molar-refractivity contribution < 1.29 is 9.53 Å². The molecular weight excluding hydrogens is 286 g/mol. The SMILES string of the molecule is COc1ccc2c(c1)CC(C)(C)N/C2=C\C(=O)c1ccccc1. The first kappa shape index (κ1) is 15.3. The fourth-order valence-electron chi connectivity index (χ4n) is 2.99. The molecule has 2 aromatic rings. The summed E-state index contributed by atoms with van der Waals surface area (Å²) in [7, 11) is 1.67. The Bertz CT molecular complexity index is 760. The minimum Gasteiger partial charge on any atom is -0.497 e. The first-order valence-corrected chi connectivity index (χ1v) is 7.75. The van der Waals surface area contributed by atoms with E-state index in [1.807, 2.05) is 42.5 Å². The second kappa shape index (κ2) is 5.92. The van der Waals surface area contributed by atoms with Crippen molar-refractivity contribution in [3.8, 4) is 5.75 Å². The molecule has 0 aromatic heterocycles. The van der Waals surface area contributed by atoms with Crippen molar-refractivity contribution in [3.05, 3.63) is 71.3 Å². The predicted molar refractivity (Wildman–Crippen MR) is 92.7 cm³/mol. The molecule has 2 aromatic carbocycles. The Labute approximate surface area is 137 Å². The molecule has 0 bridgehead atoms. The van der Waals surface area contributed by atoms with E-state index in [-0.39, 0.29) is 11.3 Å². The van der Waals surface area contributed by atoms with Gasteiger partial charge in [-0.2, -0.15) is 0 Å². The van der Waals surface area contributed by atoms with Crippen LogP contribution in [0.4, 0.5) is 0 Å². The fourth-order valence-corrected chi connectivity index (χ4v) is 2.99. The molecule has 118 valence electrons. The minimum atomic E-state index is -0.109. The Hall–Kier alpha value is -2.55. The number of hydrogen-bond acceptors (Lipinski definition) is 3. The Morgan fingerprint density at radius 3 is 2.61 bits per heavy atom. The number of carbonyl (C=O) groups excluding carboxylic acids is 1. The van der Waals surface area contributed by atoms with Crippen LogP contribution in [0.15, 0.2) is 54.6 Å². The van der Waals surface area contributed by atoms with E-state index >= 15 is 0 Å². The molecule has 0 radical (unpaired) electrons. The summed E-state index contributed by atoms with van der Waals surface area (Å²) < 4.78 is 5.33. The molecule has 0 atom stereocenters. The zero-order valence-electron chi connectivity index (χ0n) is 13.7. The number of nitrogens with one attached hydrogen (secondary N) is 1. The van der Waals surface area contributed by atoms with Crippen LogP contribution in [0.5, 0.6) is 5.75 Å². The molecule has 1 heterocycles. The summed E-state index contributed by atoms with van der Waals surface area (Å²) in [5.74, 6) is 0.850. The summed E-state index contributed by atoms with van der Waals surface area (Å²) in [6.45, 7) is 4.27. The summed E-state index contributed by atoms with van der Waals surface area (Å²) in [4.78, 5) is 12.5. The summed E-state index contributed by atoms with van der Waals surface area (Å²) in [5, 5.41) is 3.49. The Kier molecular flexibility index (Phi) is 3.95. The van der Waals surface area contributed by atoms with Crippen LogP contribution in [0.3, 0.4) is 0 Å². The molecule has 0 saturated carbocycles. The van der Waals surface area contributed by atoms with Crippen molar-refractivity contribution in [3.63, 3.8) is 0 Å². The van der Waals surface area contributed by atoms with Crippen molar-refractivity contribution in [2.24, 2.45) is 0 Å². The highest BCUT2D eigenvalue weighted by Gasteiger charge is 2.28. The van der Waals surface area contributed by atoms with Gasteiger partial charge in [-0.05, 0) is 44.0 Å². The van der Waals surface area contributed by atoms with Crippen molar-refractivity contribution in [1.82, 2.24) is 5.32 Å². The van der Waals surface area contributed by atoms with E-state index in [4.69, 9.17) is 4.74 Å². The van der Waals surface area contributed by atoms with Crippen LogP contribution < -0.4 is 10.1 Å². The lowest BCUT2D eigenvalue weighted by molar-refractivity contribution is 0.104. The predicted octanol–water partition coefficient (Wildman–Crippen LogP) is 3.84. The summed E-state index contributed by atoms with van der Waals surface area (Å²) in [6, 6.07) is 15.3. The van der Waals surface area contributed by atoms with Crippen LogP contribution in [0.25, 0.3) is 5.70 Å². The van der Waals surface area contributed by atoms with Gasteiger partial charge in [0.2, 0.25) is 0 Å². The van der Waals surface area contributed by atoms with Crippen molar-refractivity contribution in [2.75, 3.05) is 7.11 Å². The first-order valence-electron chi connectivity index (χ1n) is 7.75. The van der Waals surface area contributed by atoms with E-state index in [2.05, 4.69) is 25.2 Å². The van der Waals surface area contributed by atoms with Crippen LogP contribution in [0.1, 0.15) is 35.3 Å². The maximum absolute atomic E-state index is 12.5. The molecule has 0 unspecified atom stereocenters. The quantitative estimate of drug-likeness (QED) is 0.691. The topological polar surface area (TPSA) is 38.3 Å². The van der Waals surface area contributed by atoms with Gasteiger partial charge in [0.1, 0.15) is 5.75 Å². The lowest BCUT2D eigenvalue weighted by atomic mass is 9.85. The second-order valence-corrected chi connectivity index (χ2v) is 6.50. The molecule has 1 N–H and O–H groups in total. The van der Waals surface area contributed by atoms with Gasteiger partial charge in [0.15, 0.2) is 5.78 Å². The molecule has 1 aliphatic rings. The monoisotopic (exact) mass is 307 g/mol. The third-order valence-corrected chi connectivity index (χ3v) is 4.04. The van der Waals surface area contributed by atoms with E-state index in [1.165, 1.54) is 5.56 Å². The van der Waals surface area contributed by atoms with Gasteiger partial charge in [0.25, 0.3) is 0 Å². The molecule has 3 heteroatoms. The third kappa shape index (κ3) is 3.29. The van der Waals surface area contributed by atoms with E-state index < -0.39 is 0 Å². The summed E-state index contributed by atoms with van der Waals surface area (Å²) >= 11 is 0. The van der Waals surface area contributed by atoms with Crippen LogP contribution in [-0.4, -0.2) is 18.4 Å². The minimum absolute atomic E-state index is 0.00701. The standard InChI is InChI=1S/C20H21NO2/c1-20(2)13-15-11-16(23-3)9-10-17(15)18(21-20)12-19(22)14-7-5-4-6-8-14/h4-12,21H,13H2,1-3H3/b18-12-. The smallest absolute Gasteiger partial charge is 0.187 e. The molecule has 0 spiro atoms. The van der Waals surface area contributed by atoms with Crippen LogP contribution in [-0.2, 0) is 6.42 Å². The number of rotatable bonds is 3. The summed E-state index contributed by atoms with van der Waals surface area (Å²) in [6.07, 6.45) is 2.58. The molecule has 0 fully saturated rings. The van der Waals surface area contributed by atoms with E-state index in [1.54, 1.807) is 13.2 Å². The van der Waals surface area contributed by atoms with Crippen LogP contribution in [0, 0.1) is 0 Å². The molecule has 3 rings (SSSR count). The van der Waals surface area contributed by atoms with Crippen LogP contribution in [0.2, 0.25) is 0 Å². The highest BCUT2D eigenvalue weighted by molar-refractivity contribution is 6.08. The Balaban J connectivity index is 2.03. The van der Waals surface area contributed by atoms with Gasteiger partial charge >= 0.3 is 0 Å². The number of allylic oxidation sites excluding steroid dienone is 1. The number of carbonyl (C=O) groups is 1. The molecular formula is C20H21NO2. The number of benzene rings is 2.